The lowest BCUT2D eigenvalue weighted by atomic mass is 10.1. The predicted molar refractivity (Wildman–Crippen MR) is 134 cm³/mol. The van der Waals surface area contributed by atoms with Crippen LogP contribution in [0.25, 0.3) is 0 Å². The van der Waals surface area contributed by atoms with E-state index in [9.17, 15) is 4.79 Å². The molecule has 1 amide bonds. The number of halogens is 1. The minimum Gasteiger partial charge on any atom is -0.370 e. The summed E-state index contributed by atoms with van der Waals surface area (Å²) in [6.45, 7) is 5.29. The number of piperazine rings is 1. The summed E-state index contributed by atoms with van der Waals surface area (Å²) < 4.78 is 0. The van der Waals surface area contributed by atoms with Crippen molar-refractivity contribution in [2.24, 2.45) is 10.7 Å². The van der Waals surface area contributed by atoms with Gasteiger partial charge in [-0.1, -0.05) is 12.1 Å². The first-order valence-corrected chi connectivity index (χ1v) is 10.6. The van der Waals surface area contributed by atoms with Crippen LogP contribution in [0.1, 0.15) is 15.9 Å². The Morgan fingerprint density at radius 1 is 1.30 bits per heavy atom. The minimum absolute atomic E-state index is 0. The number of nitrogens with zero attached hydrogens (tertiary/aromatic N) is 5. The topological polar surface area (TPSA) is 90.1 Å². The molecule has 2 heterocycles. The molecule has 1 aromatic heterocycles. The molecule has 1 fully saturated rings. The molecule has 8 nitrogen and oxygen atoms in total. The molecule has 0 unspecified atom stereocenters. The van der Waals surface area contributed by atoms with Gasteiger partial charge >= 0.3 is 0 Å². The minimum atomic E-state index is -0.0658. The van der Waals surface area contributed by atoms with Crippen molar-refractivity contribution in [2.75, 3.05) is 58.3 Å². The number of benzene rings is 1. The number of hydrogen-bond acceptors (Lipinski definition) is 6. The number of hydrogen-bond donors (Lipinski definition) is 2. The van der Waals surface area contributed by atoms with Gasteiger partial charge in [0.2, 0.25) is 0 Å². The molecule has 0 bridgehead atoms. The van der Waals surface area contributed by atoms with Crippen molar-refractivity contribution < 1.29 is 4.79 Å². The third-order valence-corrected chi connectivity index (χ3v) is 5.58. The van der Waals surface area contributed by atoms with Crippen molar-refractivity contribution in [3.63, 3.8) is 0 Å². The largest absolute Gasteiger partial charge is 0.370 e. The van der Waals surface area contributed by atoms with Gasteiger partial charge in [0.05, 0.1) is 6.54 Å². The molecule has 3 N–H and O–H groups in total. The molecular weight excluding hydrogens is 513 g/mol. The maximum absolute atomic E-state index is 12.3. The molecule has 1 aromatic carbocycles. The molecule has 0 spiro atoms. The van der Waals surface area contributed by atoms with E-state index in [1.807, 2.05) is 54.8 Å². The zero-order chi connectivity index (χ0) is 20.6. The summed E-state index contributed by atoms with van der Waals surface area (Å²) in [6, 6.07) is 7.55. The van der Waals surface area contributed by atoms with E-state index in [0.717, 1.165) is 43.4 Å². The fourth-order valence-corrected chi connectivity index (χ4v) is 3.77. The molecule has 2 aromatic rings. The van der Waals surface area contributed by atoms with E-state index < -0.39 is 0 Å². The SMILES string of the molecule is CN(C)CCNC(=O)c1cccc(CN=C(N)N2CCN(c3nccs3)CC2)c1.I. The third kappa shape index (κ3) is 7.10. The zero-order valence-corrected chi connectivity index (χ0v) is 20.6. The first-order chi connectivity index (χ1) is 14.0. The van der Waals surface area contributed by atoms with E-state index in [4.69, 9.17) is 5.73 Å². The molecule has 0 saturated carbocycles. The van der Waals surface area contributed by atoms with Gasteiger partial charge in [-0.2, -0.15) is 0 Å². The lowest BCUT2D eigenvalue weighted by Crippen LogP contribution is -2.51. The molecule has 1 saturated heterocycles. The highest BCUT2D eigenvalue weighted by Gasteiger charge is 2.19. The highest BCUT2D eigenvalue weighted by atomic mass is 127. The number of anilines is 1. The molecular formula is C20H30IN7OS. The Kier molecular flexibility index (Phi) is 9.79. The Bertz CT molecular complexity index is 820. The molecule has 0 radical (unpaired) electrons. The number of amides is 1. The second-order valence-corrected chi connectivity index (χ2v) is 8.10. The number of carbonyl (C=O) groups is 1. The summed E-state index contributed by atoms with van der Waals surface area (Å²) in [6.07, 6.45) is 1.83. The number of thiazole rings is 1. The van der Waals surface area contributed by atoms with Crippen LogP contribution in [0.3, 0.4) is 0 Å². The van der Waals surface area contributed by atoms with E-state index >= 15 is 0 Å². The van der Waals surface area contributed by atoms with E-state index in [2.05, 4.69) is 25.1 Å². The number of likely N-dealkylation sites (N-methyl/N-ethyl adjacent to an activating group) is 1. The second-order valence-electron chi connectivity index (χ2n) is 7.22. The highest BCUT2D eigenvalue weighted by Crippen LogP contribution is 2.18. The van der Waals surface area contributed by atoms with E-state index in [0.29, 0.717) is 24.6 Å². The van der Waals surface area contributed by atoms with Crippen LogP contribution in [0.4, 0.5) is 5.13 Å². The Balaban J connectivity index is 0.00000320. The molecule has 3 rings (SSSR count). The average Bonchev–Trinajstić information content (AvgIpc) is 3.27. The van der Waals surface area contributed by atoms with E-state index in [1.165, 1.54) is 0 Å². The van der Waals surface area contributed by atoms with Crippen LogP contribution in [0.5, 0.6) is 0 Å². The van der Waals surface area contributed by atoms with Gasteiger partial charge in [0.1, 0.15) is 0 Å². The number of carbonyl (C=O) groups excluding carboxylic acids is 1. The molecule has 10 heteroatoms. The Hall–Kier alpha value is -1.92. The smallest absolute Gasteiger partial charge is 0.251 e. The monoisotopic (exact) mass is 543 g/mol. The van der Waals surface area contributed by atoms with Crippen LogP contribution >= 0.6 is 35.3 Å². The second kappa shape index (κ2) is 12.1. The van der Waals surface area contributed by atoms with Crippen molar-refractivity contribution in [1.29, 1.82) is 0 Å². The third-order valence-electron chi connectivity index (χ3n) is 4.75. The van der Waals surface area contributed by atoms with Crippen LogP contribution in [0.2, 0.25) is 0 Å². The number of nitrogens with two attached hydrogens (primary N) is 1. The van der Waals surface area contributed by atoms with E-state index in [1.54, 1.807) is 11.3 Å². The number of guanidine groups is 1. The summed E-state index contributed by atoms with van der Waals surface area (Å²) >= 11 is 1.66. The van der Waals surface area contributed by atoms with Crippen LogP contribution < -0.4 is 16.0 Å². The average molecular weight is 543 g/mol. The molecule has 1 aliphatic heterocycles. The van der Waals surface area contributed by atoms with Gasteiger partial charge in [-0.3, -0.25) is 4.79 Å². The summed E-state index contributed by atoms with van der Waals surface area (Å²) in [7, 11) is 3.96. The Labute approximate surface area is 199 Å². The molecule has 1 aliphatic rings. The summed E-state index contributed by atoms with van der Waals surface area (Å²) in [5, 5.41) is 5.98. The normalized spacial score (nSPS) is 14.6. The Morgan fingerprint density at radius 2 is 2.07 bits per heavy atom. The van der Waals surface area contributed by atoms with Crippen molar-refractivity contribution in [1.82, 2.24) is 20.1 Å². The Morgan fingerprint density at radius 3 is 2.73 bits per heavy atom. The first-order valence-electron chi connectivity index (χ1n) is 9.74. The fourth-order valence-electron chi connectivity index (χ4n) is 3.08. The summed E-state index contributed by atoms with van der Waals surface area (Å²) in [5.74, 6) is 0.480. The van der Waals surface area contributed by atoms with Crippen LogP contribution in [0.15, 0.2) is 40.8 Å². The van der Waals surface area contributed by atoms with Crippen molar-refractivity contribution >= 4 is 52.3 Å². The van der Waals surface area contributed by atoms with Gasteiger partial charge in [-0.05, 0) is 31.8 Å². The molecule has 0 aliphatic carbocycles. The maximum atomic E-state index is 12.3. The number of rotatable bonds is 7. The molecule has 30 heavy (non-hydrogen) atoms. The van der Waals surface area contributed by atoms with Crippen molar-refractivity contribution in [2.45, 2.75) is 6.54 Å². The van der Waals surface area contributed by atoms with Crippen LogP contribution in [-0.2, 0) is 6.54 Å². The lowest BCUT2D eigenvalue weighted by Gasteiger charge is -2.35. The quantitative estimate of drug-likeness (QED) is 0.314. The summed E-state index contributed by atoms with van der Waals surface area (Å²) in [5.41, 5.74) is 7.83. The van der Waals surface area contributed by atoms with Gasteiger partial charge < -0.3 is 25.8 Å². The molecule has 164 valence electrons. The van der Waals surface area contributed by atoms with Gasteiger partial charge in [-0.15, -0.1) is 35.3 Å². The van der Waals surface area contributed by atoms with Gasteiger partial charge in [0.25, 0.3) is 5.91 Å². The number of aromatic nitrogens is 1. The highest BCUT2D eigenvalue weighted by molar-refractivity contribution is 14.0. The summed E-state index contributed by atoms with van der Waals surface area (Å²) in [4.78, 5) is 27.6. The fraction of sp³-hybridized carbons (Fsp3) is 0.450. The number of aliphatic imine (C=N–C) groups is 1. The zero-order valence-electron chi connectivity index (χ0n) is 17.5. The van der Waals surface area contributed by atoms with Crippen molar-refractivity contribution in [3.8, 4) is 0 Å². The van der Waals surface area contributed by atoms with Crippen LogP contribution in [0, 0.1) is 0 Å². The standard InChI is InChI=1S/C20H29N7OS.HI/c1-25(2)8-6-22-18(28)17-5-3-4-16(14-17)15-24-19(21)26-9-11-27(12-10-26)20-23-7-13-29-20;/h3-5,7,13-14H,6,8-12,15H2,1-2H3,(H2,21,24)(H,22,28);1H. The maximum Gasteiger partial charge on any atom is 0.251 e. The number of nitrogens with one attached hydrogen (secondary N) is 1. The van der Waals surface area contributed by atoms with Crippen molar-refractivity contribution in [3.05, 3.63) is 47.0 Å². The molecule has 0 atom stereocenters. The first kappa shape index (κ1) is 24.4. The van der Waals surface area contributed by atoms with Gasteiger partial charge in [0, 0.05) is 56.4 Å². The van der Waals surface area contributed by atoms with Crippen LogP contribution in [-0.4, -0.2) is 80.0 Å². The van der Waals surface area contributed by atoms with E-state index in [-0.39, 0.29) is 29.9 Å². The van der Waals surface area contributed by atoms with Gasteiger partial charge in [0.15, 0.2) is 11.1 Å². The van der Waals surface area contributed by atoms with Gasteiger partial charge in [-0.25, -0.2) is 9.98 Å². The predicted octanol–water partition coefficient (Wildman–Crippen LogP) is 1.69. The lowest BCUT2D eigenvalue weighted by molar-refractivity contribution is 0.0951.